The number of halogens is 1. The van der Waals surface area contributed by atoms with E-state index in [0.717, 1.165) is 30.6 Å². The molecule has 0 saturated carbocycles. The van der Waals surface area contributed by atoms with Gasteiger partial charge in [0.25, 0.3) is 0 Å². The van der Waals surface area contributed by atoms with Gasteiger partial charge in [0.1, 0.15) is 0 Å². The van der Waals surface area contributed by atoms with E-state index in [1.165, 1.54) is 0 Å². The fraction of sp³-hybridized carbons (Fsp3) is 0.333. The third-order valence-electron chi connectivity index (χ3n) is 4.72. The lowest BCUT2D eigenvalue weighted by atomic mass is 9.97. The van der Waals surface area contributed by atoms with Crippen LogP contribution < -0.4 is 10.6 Å². The van der Waals surface area contributed by atoms with Crippen molar-refractivity contribution in [1.29, 1.82) is 0 Å². The van der Waals surface area contributed by atoms with Crippen LogP contribution in [-0.4, -0.2) is 36.3 Å². The highest BCUT2D eigenvalue weighted by Gasteiger charge is 2.26. The zero-order valence-corrected chi connectivity index (χ0v) is 15.9. The van der Waals surface area contributed by atoms with Crippen LogP contribution in [0.4, 0.5) is 5.69 Å². The minimum absolute atomic E-state index is 0.0161. The van der Waals surface area contributed by atoms with Gasteiger partial charge in [-0.3, -0.25) is 14.5 Å². The van der Waals surface area contributed by atoms with Gasteiger partial charge in [-0.2, -0.15) is 0 Å². The summed E-state index contributed by atoms with van der Waals surface area (Å²) in [5, 5.41) is 6.51. The molecule has 0 aromatic heterocycles. The lowest BCUT2D eigenvalue weighted by Gasteiger charge is -2.31. The number of para-hydroxylation sites is 1. The Kier molecular flexibility index (Phi) is 6.85. The molecule has 2 aromatic rings. The second-order valence-electron chi connectivity index (χ2n) is 6.80. The Labute approximate surface area is 164 Å². The van der Waals surface area contributed by atoms with E-state index in [1.807, 2.05) is 59.5 Å². The minimum Gasteiger partial charge on any atom is -0.351 e. The molecule has 3 rings (SSSR count). The largest absolute Gasteiger partial charge is 0.351 e. The van der Waals surface area contributed by atoms with Gasteiger partial charge in [0.15, 0.2) is 0 Å². The normalized spacial score (nSPS) is 17.3. The second-order valence-corrected chi connectivity index (χ2v) is 7.20. The molecule has 1 aliphatic heterocycles. The molecule has 0 spiro atoms. The molecule has 2 N–H and O–H groups in total. The van der Waals surface area contributed by atoms with Crippen LogP contribution in [0.5, 0.6) is 0 Å². The first-order chi connectivity index (χ1) is 13.1. The van der Waals surface area contributed by atoms with E-state index < -0.39 is 0 Å². The first kappa shape index (κ1) is 19.4. The monoisotopic (exact) mass is 385 g/mol. The lowest BCUT2D eigenvalue weighted by Crippen LogP contribution is -2.45. The van der Waals surface area contributed by atoms with Crippen molar-refractivity contribution in [3.63, 3.8) is 0 Å². The van der Waals surface area contributed by atoms with Crippen LogP contribution in [0, 0.1) is 5.92 Å². The number of carbonyl (C=O) groups is 2. The Morgan fingerprint density at radius 3 is 2.59 bits per heavy atom. The number of hydrogen-bond acceptors (Lipinski definition) is 3. The summed E-state index contributed by atoms with van der Waals surface area (Å²) >= 11 is 6.11. The topological polar surface area (TPSA) is 61.4 Å². The van der Waals surface area contributed by atoms with Gasteiger partial charge < -0.3 is 10.6 Å². The van der Waals surface area contributed by atoms with Gasteiger partial charge >= 0.3 is 0 Å². The van der Waals surface area contributed by atoms with E-state index in [-0.39, 0.29) is 17.7 Å². The quantitative estimate of drug-likeness (QED) is 0.802. The molecule has 27 heavy (non-hydrogen) atoms. The average molecular weight is 386 g/mol. The average Bonchev–Trinajstić information content (AvgIpc) is 2.68. The number of likely N-dealkylation sites (tertiary alicyclic amines) is 1. The number of rotatable bonds is 6. The van der Waals surface area contributed by atoms with Crippen LogP contribution in [0.15, 0.2) is 54.6 Å². The molecule has 0 radical (unpaired) electrons. The van der Waals surface area contributed by atoms with Crippen molar-refractivity contribution < 1.29 is 9.59 Å². The van der Waals surface area contributed by atoms with E-state index in [2.05, 4.69) is 10.6 Å². The number of benzene rings is 2. The maximum atomic E-state index is 12.5. The lowest BCUT2D eigenvalue weighted by molar-refractivity contribution is -0.125. The van der Waals surface area contributed by atoms with Crippen molar-refractivity contribution >= 4 is 29.1 Å². The standard InChI is InChI=1S/C21H24ClN3O2/c22-19-11-5-4-7-16(19)13-23-20(26)15-25-12-6-8-17(14-25)21(27)24-18-9-2-1-3-10-18/h1-5,7,9-11,17H,6,8,12-15H2,(H,23,26)(H,24,27)/t17-/m0/s1. The number of carbonyl (C=O) groups excluding carboxylic acids is 2. The molecule has 1 atom stereocenters. The smallest absolute Gasteiger partial charge is 0.234 e. The van der Waals surface area contributed by atoms with Crippen molar-refractivity contribution in [3.05, 3.63) is 65.2 Å². The van der Waals surface area contributed by atoms with Crippen LogP contribution >= 0.6 is 11.6 Å². The van der Waals surface area contributed by atoms with Gasteiger partial charge in [0.2, 0.25) is 11.8 Å². The summed E-state index contributed by atoms with van der Waals surface area (Å²) < 4.78 is 0. The van der Waals surface area contributed by atoms with Crippen LogP contribution in [0.25, 0.3) is 0 Å². The number of hydrogen-bond donors (Lipinski definition) is 2. The maximum Gasteiger partial charge on any atom is 0.234 e. The molecule has 1 saturated heterocycles. The molecular weight excluding hydrogens is 362 g/mol. The van der Waals surface area contributed by atoms with Crippen molar-refractivity contribution in [3.8, 4) is 0 Å². The second kappa shape index (κ2) is 9.53. The van der Waals surface area contributed by atoms with E-state index >= 15 is 0 Å². The van der Waals surface area contributed by atoms with Crippen LogP contribution in [0.2, 0.25) is 5.02 Å². The number of nitrogens with one attached hydrogen (secondary N) is 2. The molecule has 6 heteroatoms. The summed E-state index contributed by atoms with van der Waals surface area (Å²) in [6.07, 6.45) is 1.75. The van der Waals surface area contributed by atoms with Gasteiger partial charge in [0, 0.05) is 23.8 Å². The van der Waals surface area contributed by atoms with Gasteiger partial charge in [0.05, 0.1) is 12.5 Å². The van der Waals surface area contributed by atoms with E-state index in [0.29, 0.717) is 24.7 Å². The maximum absolute atomic E-state index is 12.5. The fourth-order valence-electron chi connectivity index (χ4n) is 3.27. The highest BCUT2D eigenvalue weighted by Crippen LogP contribution is 2.19. The van der Waals surface area contributed by atoms with E-state index in [9.17, 15) is 9.59 Å². The Balaban J connectivity index is 1.47. The summed E-state index contributed by atoms with van der Waals surface area (Å²) in [7, 11) is 0. The van der Waals surface area contributed by atoms with Crippen LogP contribution in [0.3, 0.4) is 0 Å². The fourth-order valence-corrected chi connectivity index (χ4v) is 3.48. The first-order valence-electron chi connectivity index (χ1n) is 9.20. The number of piperidine rings is 1. The number of amides is 2. The highest BCUT2D eigenvalue weighted by molar-refractivity contribution is 6.31. The van der Waals surface area contributed by atoms with E-state index in [1.54, 1.807) is 0 Å². The molecule has 142 valence electrons. The number of anilines is 1. The van der Waals surface area contributed by atoms with Crippen molar-refractivity contribution in [2.75, 3.05) is 25.0 Å². The summed E-state index contributed by atoms with van der Waals surface area (Å²) in [5.74, 6) is -0.142. The third kappa shape index (κ3) is 5.81. The predicted octanol–water partition coefficient (Wildman–Crippen LogP) is 3.31. The molecule has 2 amide bonds. The summed E-state index contributed by atoms with van der Waals surface area (Å²) in [6, 6.07) is 16.9. The first-order valence-corrected chi connectivity index (χ1v) is 9.58. The molecule has 0 aliphatic carbocycles. The molecule has 1 heterocycles. The van der Waals surface area contributed by atoms with Crippen molar-refractivity contribution in [2.24, 2.45) is 5.92 Å². The summed E-state index contributed by atoms with van der Waals surface area (Å²) in [5.41, 5.74) is 1.70. The van der Waals surface area contributed by atoms with Gasteiger partial charge in [-0.25, -0.2) is 0 Å². The van der Waals surface area contributed by atoms with Crippen LogP contribution in [-0.2, 0) is 16.1 Å². The molecule has 0 unspecified atom stereocenters. The van der Waals surface area contributed by atoms with Gasteiger partial charge in [-0.1, -0.05) is 48.0 Å². The molecule has 1 aliphatic rings. The zero-order valence-electron chi connectivity index (χ0n) is 15.2. The predicted molar refractivity (Wildman–Crippen MR) is 108 cm³/mol. The summed E-state index contributed by atoms with van der Waals surface area (Å²) in [6.45, 7) is 2.12. The third-order valence-corrected chi connectivity index (χ3v) is 5.09. The molecule has 2 aromatic carbocycles. The van der Waals surface area contributed by atoms with E-state index in [4.69, 9.17) is 11.6 Å². The number of nitrogens with zero attached hydrogens (tertiary/aromatic N) is 1. The van der Waals surface area contributed by atoms with Crippen molar-refractivity contribution in [1.82, 2.24) is 10.2 Å². The van der Waals surface area contributed by atoms with Gasteiger partial charge in [-0.15, -0.1) is 0 Å². The Morgan fingerprint density at radius 1 is 1.07 bits per heavy atom. The Hall–Kier alpha value is -2.37. The van der Waals surface area contributed by atoms with Gasteiger partial charge in [-0.05, 0) is 43.1 Å². The van der Waals surface area contributed by atoms with Crippen LogP contribution in [0.1, 0.15) is 18.4 Å². The van der Waals surface area contributed by atoms with Crippen molar-refractivity contribution in [2.45, 2.75) is 19.4 Å². The SMILES string of the molecule is O=C(CN1CCC[C@H](C(=O)Nc2ccccc2)C1)NCc1ccccc1Cl. The summed E-state index contributed by atoms with van der Waals surface area (Å²) in [4.78, 5) is 26.8. The zero-order chi connectivity index (χ0) is 19.1. The minimum atomic E-state index is -0.102. The highest BCUT2D eigenvalue weighted by atomic mass is 35.5. The molecule has 1 fully saturated rings. The Bertz CT molecular complexity index is 782. The Morgan fingerprint density at radius 2 is 1.81 bits per heavy atom. The molecule has 5 nitrogen and oxygen atoms in total. The molecular formula is C21H24ClN3O2. The molecule has 0 bridgehead atoms.